The van der Waals surface area contributed by atoms with Crippen molar-refractivity contribution >= 4 is 23.2 Å². The number of benzene rings is 2. The first-order chi connectivity index (χ1) is 11.4. The minimum Gasteiger partial charge on any atom is -0.481 e. The van der Waals surface area contributed by atoms with E-state index in [1.54, 1.807) is 6.07 Å². The third-order valence-corrected chi connectivity index (χ3v) is 3.15. The van der Waals surface area contributed by atoms with Gasteiger partial charge in [0.25, 0.3) is 11.6 Å². The minimum atomic E-state index is -0.844. The first-order valence-corrected chi connectivity index (χ1v) is 6.98. The quantitative estimate of drug-likeness (QED) is 0.620. The van der Waals surface area contributed by atoms with Crippen LogP contribution in [0, 0.1) is 10.1 Å². The van der Waals surface area contributed by atoms with Crippen LogP contribution in [0.1, 0.15) is 17.3 Å². The molecule has 24 heavy (non-hydrogen) atoms. The number of nitrogens with one attached hydrogen (secondary N) is 1. The summed E-state index contributed by atoms with van der Waals surface area (Å²) in [5, 5.41) is 13.3. The molecule has 0 heterocycles. The van der Waals surface area contributed by atoms with Crippen LogP contribution in [0.25, 0.3) is 0 Å². The number of hydrogen-bond acceptors (Lipinski definition) is 5. The molecule has 0 aliphatic rings. The monoisotopic (exact) mass is 329 g/mol. The highest BCUT2D eigenvalue weighted by Gasteiger charge is 2.16. The van der Waals surface area contributed by atoms with Crippen LogP contribution >= 0.6 is 0 Å². The van der Waals surface area contributed by atoms with E-state index < -0.39 is 22.8 Å². The summed E-state index contributed by atoms with van der Waals surface area (Å²) in [6.07, 6.45) is -0.844. The van der Waals surface area contributed by atoms with E-state index in [-0.39, 0.29) is 5.69 Å². The molecule has 0 saturated carbocycles. The molecule has 2 aromatic rings. The first kappa shape index (κ1) is 16.9. The van der Waals surface area contributed by atoms with E-state index in [9.17, 15) is 19.7 Å². The molecule has 0 aliphatic carbocycles. The second-order valence-electron chi connectivity index (χ2n) is 4.95. The van der Waals surface area contributed by atoms with E-state index in [0.717, 1.165) is 0 Å². The van der Waals surface area contributed by atoms with Crippen molar-refractivity contribution in [3.63, 3.8) is 0 Å². The van der Waals surface area contributed by atoms with Gasteiger partial charge in [0.15, 0.2) is 6.10 Å². The third kappa shape index (κ3) is 4.29. The molecular weight excluding hydrogens is 314 g/mol. The van der Waals surface area contributed by atoms with Gasteiger partial charge in [-0.2, -0.15) is 0 Å². The Hall–Kier alpha value is -3.42. The Morgan fingerprint density at radius 2 is 1.88 bits per heavy atom. The average molecular weight is 329 g/mol. The Balaban J connectivity index is 2.00. The number of nitrogens with two attached hydrogens (primary N) is 1. The molecule has 0 aliphatic heterocycles. The van der Waals surface area contributed by atoms with E-state index in [1.807, 2.05) is 0 Å². The number of non-ortho nitro benzene ring substituents is 1. The van der Waals surface area contributed by atoms with Gasteiger partial charge in [-0.1, -0.05) is 6.07 Å². The lowest BCUT2D eigenvalue weighted by molar-refractivity contribution is -0.384. The summed E-state index contributed by atoms with van der Waals surface area (Å²) in [5.74, 6) is -0.630. The molecule has 2 amide bonds. The topological polar surface area (TPSA) is 125 Å². The predicted octanol–water partition coefficient (Wildman–Crippen LogP) is 2.10. The molecule has 124 valence electrons. The first-order valence-electron chi connectivity index (χ1n) is 6.98. The highest BCUT2D eigenvalue weighted by molar-refractivity contribution is 5.94. The molecule has 8 nitrogen and oxygen atoms in total. The number of amides is 2. The lowest BCUT2D eigenvalue weighted by Crippen LogP contribution is -2.30. The average Bonchev–Trinajstić information content (AvgIpc) is 2.55. The van der Waals surface area contributed by atoms with Gasteiger partial charge in [0.05, 0.1) is 4.92 Å². The van der Waals surface area contributed by atoms with Gasteiger partial charge < -0.3 is 15.8 Å². The van der Waals surface area contributed by atoms with Crippen molar-refractivity contribution in [2.45, 2.75) is 13.0 Å². The maximum absolute atomic E-state index is 12.1. The van der Waals surface area contributed by atoms with Crippen LogP contribution in [-0.4, -0.2) is 22.8 Å². The third-order valence-electron chi connectivity index (χ3n) is 3.15. The summed E-state index contributed by atoms with van der Waals surface area (Å²) in [4.78, 5) is 33.3. The van der Waals surface area contributed by atoms with Crippen LogP contribution in [0.4, 0.5) is 11.4 Å². The van der Waals surface area contributed by atoms with Crippen LogP contribution in [-0.2, 0) is 4.79 Å². The van der Waals surface area contributed by atoms with Crippen LogP contribution in [0.3, 0.4) is 0 Å². The van der Waals surface area contributed by atoms with Gasteiger partial charge in [-0.05, 0) is 37.3 Å². The standard InChI is InChI=1S/C16H15N3O5/c1-10(24-14-7-5-11(6-8-14)15(17)20)16(21)18-12-3-2-4-13(9-12)19(22)23/h2-10H,1H3,(H2,17,20)(H,18,21). The minimum absolute atomic E-state index is 0.122. The molecule has 2 aromatic carbocycles. The van der Waals surface area contributed by atoms with E-state index in [4.69, 9.17) is 10.5 Å². The molecule has 0 spiro atoms. The SMILES string of the molecule is CC(Oc1ccc(C(N)=O)cc1)C(=O)Nc1cccc([N+](=O)[O-])c1. The van der Waals surface area contributed by atoms with Crippen molar-refractivity contribution < 1.29 is 19.2 Å². The number of nitrogens with zero attached hydrogens (tertiary/aromatic N) is 1. The van der Waals surface area contributed by atoms with Gasteiger partial charge in [0, 0.05) is 23.4 Å². The smallest absolute Gasteiger partial charge is 0.271 e. The number of carbonyl (C=O) groups is 2. The number of ether oxygens (including phenoxy) is 1. The van der Waals surface area contributed by atoms with E-state index >= 15 is 0 Å². The fourth-order valence-electron chi connectivity index (χ4n) is 1.90. The van der Waals surface area contributed by atoms with Crippen molar-refractivity contribution in [2.75, 3.05) is 5.32 Å². The maximum Gasteiger partial charge on any atom is 0.271 e. The van der Waals surface area contributed by atoms with Crippen molar-refractivity contribution in [1.82, 2.24) is 0 Å². The molecule has 0 aromatic heterocycles. The van der Waals surface area contributed by atoms with Crippen LogP contribution in [0.2, 0.25) is 0 Å². The van der Waals surface area contributed by atoms with Gasteiger partial charge in [-0.15, -0.1) is 0 Å². The van der Waals surface area contributed by atoms with Crippen LogP contribution in [0.15, 0.2) is 48.5 Å². The van der Waals surface area contributed by atoms with E-state index in [2.05, 4.69) is 5.32 Å². The second kappa shape index (κ2) is 7.23. The molecule has 1 atom stereocenters. The Morgan fingerprint density at radius 3 is 2.46 bits per heavy atom. The zero-order valence-corrected chi connectivity index (χ0v) is 12.8. The van der Waals surface area contributed by atoms with Crippen molar-refractivity contribution in [2.24, 2.45) is 5.73 Å². The fraction of sp³-hybridized carbons (Fsp3) is 0.125. The molecular formula is C16H15N3O5. The van der Waals surface area contributed by atoms with Crippen molar-refractivity contribution in [3.05, 3.63) is 64.2 Å². The summed E-state index contributed by atoms with van der Waals surface area (Å²) in [6.45, 7) is 1.54. The largest absolute Gasteiger partial charge is 0.481 e. The molecule has 0 fully saturated rings. The zero-order chi connectivity index (χ0) is 17.7. The second-order valence-corrected chi connectivity index (χ2v) is 4.95. The summed E-state index contributed by atoms with van der Waals surface area (Å²) < 4.78 is 5.46. The van der Waals surface area contributed by atoms with Crippen LogP contribution < -0.4 is 15.8 Å². The zero-order valence-electron chi connectivity index (χ0n) is 12.8. The normalized spacial score (nSPS) is 11.4. The van der Waals surface area contributed by atoms with Gasteiger partial charge in [0.2, 0.25) is 5.91 Å². The predicted molar refractivity (Wildman–Crippen MR) is 86.8 cm³/mol. The lowest BCUT2D eigenvalue weighted by Gasteiger charge is -2.14. The molecule has 1 unspecified atom stereocenters. The van der Waals surface area contributed by atoms with Crippen LogP contribution in [0.5, 0.6) is 5.75 Å². The highest BCUT2D eigenvalue weighted by Crippen LogP contribution is 2.18. The van der Waals surface area contributed by atoms with Gasteiger partial charge in [-0.25, -0.2) is 0 Å². The highest BCUT2D eigenvalue weighted by atomic mass is 16.6. The number of hydrogen-bond donors (Lipinski definition) is 2. The van der Waals surface area contributed by atoms with Gasteiger partial charge >= 0.3 is 0 Å². The van der Waals surface area contributed by atoms with Crippen molar-refractivity contribution in [1.29, 1.82) is 0 Å². The summed E-state index contributed by atoms with van der Waals surface area (Å²) >= 11 is 0. The molecule has 0 bridgehead atoms. The number of nitro groups is 1. The Bertz CT molecular complexity index is 774. The molecule has 0 saturated heterocycles. The molecule has 0 radical (unpaired) electrons. The summed E-state index contributed by atoms with van der Waals surface area (Å²) in [6, 6.07) is 11.6. The Morgan fingerprint density at radius 1 is 1.21 bits per heavy atom. The van der Waals surface area contributed by atoms with E-state index in [0.29, 0.717) is 17.0 Å². The van der Waals surface area contributed by atoms with Crippen molar-refractivity contribution in [3.8, 4) is 5.75 Å². The summed E-state index contributed by atoms with van der Waals surface area (Å²) in [5.41, 5.74) is 5.65. The Kier molecular flexibility index (Phi) is 5.10. The van der Waals surface area contributed by atoms with Gasteiger partial charge in [-0.3, -0.25) is 19.7 Å². The number of carbonyl (C=O) groups excluding carboxylic acids is 2. The Labute approximate surface area is 137 Å². The number of rotatable bonds is 6. The van der Waals surface area contributed by atoms with Gasteiger partial charge in [0.1, 0.15) is 5.75 Å². The summed E-state index contributed by atoms with van der Waals surface area (Å²) in [7, 11) is 0. The maximum atomic E-state index is 12.1. The number of anilines is 1. The molecule has 2 rings (SSSR count). The number of primary amides is 1. The molecule has 8 heteroatoms. The number of nitro benzene ring substituents is 1. The van der Waals surface area contributed by atoms with E-state index in [1.165, 1.54) is 49.4 Å². The molecule has 3 N–H and O–H groups in total. The lowest BCUT2D eigenvalue weighted by atomic mass is 10.2. The fourth-order valence-corrected chi connectivity index (χ4v) is 1.90.